The van der Waals surface area contributed by atoms with E-state index in [0.29, 0.717) is 11.8 Å². The second kappa shape index (κ2) is 5.51. The van der Waals surface area contributed by atoms with E-state index in [-0.39, 0.29) is 11.9 Å². The van der Waals surface area contributed by atoms with Crippen LogP contribution in [0.5, 0.6) is 0 Å². The van der Waals surface area contributed by atoms with Crippen LogP contribution in [0.2, 0.25) is 0 Å². The lowest BCUT2D eigenvalue weighted by Gasteiger charge is -2.40. The smallest absolute Gasteiger partial charge is 0.316 e. The summed E-state index contributed by atoms with van der Waals surface area (Å²) in [6.45, 7) is 10.1. The molecule has 1 saturated heterocycles. The Morgan fingerprint density at radius 2 is 1.89 bits per heavy atom. The molecular weight excluding hydrogens is 250 g/mol. The Morgan fingerprint density at radius 1 is 1.33 bits per heavy atom. The number of aliphatic carboxylic acids is 1. The summed E-state index contributed by atoms with van der Waals surface area (Å²) in [6, 6.07) is 0.0976. The minimum atomic E-state index is -1.02. The lowest BCUT2D eigenvalue weighted by Crippen LogP contribution is -2.53. The van der Waals surface area contributed by atoms with Gasteiger partial charge in [-0.15, -0.1) is 0 Å². The molecule has 3 unspecified atom stereocenters. The van der Waals surface area contributed by atoms with Crippen molar-refractivity contribution in [1.82, 2.24) is 4.90 Å². The van der Waals surface area contributed by atoms with E-state index in [9.17, 15) is 14.7 Å². The van der Waals surface area contributed by atoms with Gasteiger partial charge in [0.1, 0.15) is 5.92 Å². The molecule has 0 aromatic rings. The maximum atomic E-state index is 12.5. The highest BCUT2D eigenvalue weighted by Crippen LogP contribution is 2.31. The van der Waals surface area contributed by atoms with Crippen LogP contribution in [0.3, 0.4) is 0 Å². The number of nitrogens with zero attached hydrogens (tertiary/aromatic N) is 1. The summed E-state index contributed by atoms with van der Waals surface area (Å²) in [6.07, 6.45) is 0. The fourth-order valence-corrected chi connectivity index (χ4v) is 3.36. The Morgan fingerprint density at radius 3 is 2.33 bits per heavy atom. The van der Waals surface area contributed by atoms with E-state index in [0.717, 1.165) is 5.75 Å². The van der Waals surface area contributed by atoms with E-state index in [2.05, 4.69) is 6.92 Å². The molecule has 0 aromatic heterocycles. The number of hydrogen-bond donors (Lipinski definition) is 1. The van der Waals surface area contributed by atoms with Crippen LogP contribution in [0, 0.1) is 11.3 Å². The summed E-state index contributed by atoms with van der Waals surface area (Å²) in [5.41, 5.74) is -0.559. The van der Waals surface area contributed by atoms with Crippen LogP contribution in [-0.2, 0) is 9.59 Å². The van der Waals surface area contributed by atoms with Crippen molar-refractivity contribution in [3.63, 3.8) is 0 Å². The molecule has 1 aliphatic rings. The first kappa shape index (κ1) is 15.3. The Balaban J connectivity index is 2.93. The molecule has 1 rings (SSSR count). The predicted octanol–water partition coefficient (Wildman–Crippen LogP) is 2.09. The number of carbonyl (C=O) groups excluding carboxylic acids is 1. The highest BCUT2D eigenvalue weighted by atomic mass is 32.2. The maximum absolute atomic E-state index is 12.5. The van der Waals surface area contributed by atoms with Gasteiger partial charge >= 0.3 is 5.97 Å². The zero-order chi connectivity index (χ0) is 14.1. The largest absolute Gasteiger partial charge is 0.481 e. The van der Waals surface area contributed by atoms with Crippen LogP contribution < -0.4 is 0 Å². The Hall–Kier alpha value is -0.710. The van der Waals surface area contributed by atoms with Gasteiger partial charge in [-0.1, -0.05) is 27.7 Å². The van der Waals surface area contributed by atoms with Crippen molar-refractivity contribution in [2.75, 3.05) is 12.3 Å². The molecule has 1 fully saturated rings. The number of carbonyl (C=O) groups is 2. The quantitative estimate of drug-likeness (QED) is 0.783. The SMILES string of the molecule is CC1SCCN(C(=O)C(C(=O)O)C(C)(C)C)C1C. The summed E-state index contributed by atoms with van der Waals surface area (Å²) in [7, 11) is 0. The van der Waals surface area contributed by atoms with Gasteiger partial charge in [0.15, 0.2) is 0 Å². The van der Waals surface area contributed by atoms with Crippen molar-refractivity contribution in [3.8, 4) is 0 Å². The fourth-order valence-electron chi connectivity index (χ4n) is 2.26. The third-order valence-electron chi connectivity index (χ3n) is 3.53. The predicted molar refractivity (Wildman–Crippen MR) is 73.7 cm³/mol. The number of carboxylic acid groups (broad SMARTS) is 1. The van der Waals surface area contributed by atoms with Gasteiger partial charge in [0, 0.05) is 23.6 Å². The van der Waals surface area contributed by atoms with Crippen molar-refractivity contribution >= 4 is 23.6 Å². The van der Waals surface area contributed by atoms with Crippen LogP contribution in [-0.4, -0.2) is 45.5 Å². The van der Waals surface area contributed by atoms with E-state index < -0.39 is 17.3 Å². The average Bonchev–Trinajstić information content (AvgIpc) is 2.19. The second-order valence-electron chi connectivity index (χ2n) is 5.99. The first-order valence-corrected chi connectivity index (χ1v) is 7.36. The molecule has 104 valence electrons. The van der Waals surface area contributed by atoms with Crippen LogP contribution in [0.15, 0.2) is 0 Å². The Bertz CT molecular complexity index is 338. The molecule has 5 heteroatoms. The van der Waals surface area contributed by atoms with Gasteiger partial charge in [-0.3, -0.25) is 9.59 Å². The second-order valence-corrected chi connectivity index (χ2v) is 7.47. The fraction of sp³-hybridized carbons (Fsp3) is 0.846. The van der Waals surface area contributed by atoms with Crippen molar-refractivity contribution < 1.29 is 14.7 Å². The van der Waals surface area contributed by atoms with Crippen molar-refractivity contribution in [2.24, 2.45) is 11.3 Å². The zero-order valence-electron chi connectivity index (χ0n) is 11.8. The van der Waals surface area contributed by atoms with E-state index in [1.807, 2.05) is 18.7 Å². The first-order valence-electron chi connectivity index (χ1n) is 6.31. The third kappa shape index (κ3) is 3.19. The maximum Gasteiger partial charge on any atom is 0.316 e. The molecule has 1 heterocycles. The number of hydrogen-bond acceptors (Lipinski definition) is 3. The summed E-state index contributed by atoms with van der Waals surface area (Å²) in [4.78, 5) is 25.6. The van der Waals surface area contributed by atoms with Gasteiger partial charge in [-0.05, 0) is 12.3 Å². The third-order valence-corrected chi connectivity index (χ3v) is 4.86. The van der Waals surface area contributed by atoms with E-state index >= 15 is 0 Å². The van der Waals surface area contributed by atoms with E-state index in [4.69, 9.17) is 0 Å². The molecule has 3 atom stereocenters. The van der Waals surface area contributed by atoms with Gasteiger partial charge in [0.05, 0.1) is 0 Å². The van der Waals surface area contributed by atoms with Gasteiger partial charge in [-0.25, -0.2) is 0 Å². The van der Waals surface area contributed by atoms with Crippen LogP contribution in [0.1, 0.15) is 34.6 Å². The van der Waals surface area contributed by atoms with Crippen LogP contribution in [0.25, 0.3) is 0 Å². The molecule has 1 N–H and O–H groups in total. The summed E-state index contributed by atoms with van der Waals surface area (Å²) in [5, 5.41) is 9.67. The van der Waals surface area contributed by atoms with E-state index in [1.54, 1.807) is 25.7 Å². The summed E-state index contributed by atoms with van der Waals surface area (Å²) >= 11 is 1.83. The number of rotatable bonds is 2. The normalized spacial score (nSPS) is 26.8. The lowest BCUT2D eigenvalue weighted by atomic mass is 9.79. The highest BCUT2D eigenvalue weighted by Gasteiger charge is 2.42. The lowest BCUT2D eigenvalue weighted by molar-refractivity contribution is -0.157. The van der Waals surface area contributed by atoms with Gasteiger partial charge in [-0.2, -0.15) is 11.8 Å². The molecule has 18 heavy (non-hydrogen) atoms. The van der Waals surface area contributed by atoms with E-state index in [1.165, 1.54) is 0 Å². The summed E-state index contributed by atoms with van der Waals surface area (Å²) in [5.74, 6) is -1.34. The van der Waals surface area contributed by atoms with Gasteiger partial charge in [0.25, 0.3) is 0 Å². The topological polar surface area (TPSA) is 57.6 Å². The molecule has 0 bridgehead atoms. The number of amides is 1. The minimum absolute atomic E-state index is 0.0976. The zero-order valence-corrected chi connectivity index (χ0v) is 12.6. The van der Waals surface area contributed by atoms with Gasteiger partial charge < -0.3 is 10.0 Å². The highest BCUT2D eigenvalue weighted by molar-refractivity contribution is 8.00. The Kier molecular flexibility index (Phi) is 4.70. The summed E-state index contributed by atoms with van der Waals surface area (Å²) < 4.78 is 0. The van der Waals surface area contributed by atoms with Crippen molar-refractivity contribution in [1.29, 1.82) is 0 Å². The van der Waals surface area contributed by atoms with Crippen LogP contribution in [0.4, 0.5) is 0 Å². The molecule has 1 aliphatic heterocycles. The molecule has 0 aromatic carbocycles. The molecule has 4 nitrogen and oxygen atoms in total. The monoisotopic (exact) mass is 273 g/mol. The van der Waals surface area contributed by atoms with Gasteiger partial charge in [0.2, 0.25) is 5.91 Å². The van der Waals surface area contributed by atoms with Crippen molar-refractivity contribution in [2.45, 2.75) is 45.9 Å². The standard InChI is InChI=1S/C13H23NO3S/c1-8-9(2)18-7-6-14(8)11(15)10(12(16)17)13(3,4)5/h8-10H,6-7H2,1-5H3,(H,16,17). The first-order chi connectivity index (χ1) is 8.16. The van der Waals surface area contributed by atoms with Crippen molar-refractivity contribution in [3.05, 3.63) is 0 Å². The van der Waals surface area contributed by atoms with Crippen LogP contribution >= 0.6 is 11.8 Å². The molecule has 0 aliphatic carbocycles. The molecule has 0 spiro atoms. The molecular formula is C13H23NO3S. The Labute approximate surface area is 113 Å². The number of thioether (sulfide) groups is 1. The minimum Gasteiger partial charge on any atom is -0.481 e. The average molecular weight is 273 g/mol. The number of carboxylic acids is 1. The molecule has 0 saturated carbocycles. The molecule has 0 radical (unpaired) electrons. The molecule has 1 amide bonds.